The highest BCUT2D eigenvalue weighted by Gasteiger charge is 2.32. The standard InChI is InChI=1S/C24H26FN3O2/c25-18-4-6-21-20(14-18)22(24(29)27-21)23-19-5-3-16(13-17(19)15-30-23)7-8-26-9-12-28-10-1-2-11-28/h3-6,13-14,26H,1-2,7-12,15H2,(H,27,29)/b23-22+. The molecule has 2 aromatic rings. The van der Waals surface area contributed by atoms with Gasteiger partial charge in [0, 0.05) is 35.5 Å². The van der Waals surface area contributed by atoms with Gasteiger partial charge in [0.25, 0.3) is 5.91 Å². The van der Waals surface area contributed by atoms with Crippen LogP contribution in [0.15, 0.2) is 36.4 Å². The molecule has 1 amide bonds. The van der Waals surface area contributed by atoms with Gasteiger partial charge < -0.3 is 20.3 Å². The third kappa shape index (κ3) is 3.73. The summed E-state index contributed by atoms with van der Waals surface area (Å²) in [6, 6.07) is 10.6. The maximum Gasteiger partial charge on any atom is 0.260 e. The van der Waals surface area contributed by atoms with Crippen molar-refractivity contribution in [2.75, 3.05) is 38.0 Å². The number of carbonyl (C=O) groups excluding carboxylic acids is 1. The highest BCUT2D eigenvalue weighted by Crippen LogP contribution is 2.41. The van der Waals surface area contributed by atoms with E-state index < -0.39 is 0 Å². The zero-order valence-corrected chi connectivity index (χ0v) is 17.0. The quantitative estimate of drug-likeness (QED) is 0.569. The Morgan fingerprint density at radius 2 is 1.93 bits per heavy atom. The number of amides is 1. The molecule has 156 valence electrons. The predicted octanol–water partition coefficient (Wildman–Crippen LogP) is 3.40. The predicted molar refractivity (Wildman–Crippen MR) is 115 cm³/mol. The molecule has 0 aliphatic carbocycles. The van der Waals surface area contributed by atoms with Crippen molar-refractivity contribution in [2.24, 2.45) is 0 Å². The molecule has 2 N–H and O–H groups in total. The Morgan fingerprint density at radius 1 is 1.07 bits per heavy atom. The van der Waals surface area contributed by atoms with Crippen molar-refractivity contribution < 1.29 is 13.9 Å². The molecule has 0 aromatic heterocycles. The molecule has 0 saturated carbocycles. The summed E-state index contributed by atoms with van der Waals surface area (Å²) in [7, 11) is 0. The lowest BCUT2D eigenvalue weighted by Gasteiger charge is -2.14. The normalized spacial score (nSPS) is 20.2. The van der Waals surface area contributed by atoms with Crippen molar-refractivity contribution in [1.29, 1.82) is 0 Å². The van der Waals surface area contributed by atoms with Gasteiger partial charge >= 0.3 is 0 Å². The first-order valence-electron chi connectivity index (χ1n) is 10.7. The Kier molecular flexibility index (Phi) is 5.27. The number of ether oxygens (including phenoxy) is 1. The van der Waals surface area contributed by atoms with Gasteiger partial charge in [0.05, 0.1) is 5.57 Å². The van der Waals surface area contributed by atoms with E-state index in [4.69, 9.17) is 4.74 Å². The highest BCUT2D eigenvalue weighted by atomic mass is 19.1. The Morgan fingerprint density at radius 3 is 2.80 bits per heavy atom. The van der Waals surface area contributed by atoms with Crippen LogP contribution in [0.1, 0.15) is 35.1 Å². The minimum absolute atomic E-state index is 0.246. The number of fused-ring (bicyclic) bond motifs is 2. The number of anilines is 1. The van der Waals surface area contributed by atoms with Crippen LogP contribution < -0.4 is 10.6 Å². The molecule has 0 radical (unpaired) electrons. The van der Waals surface area contributed by atoms with Crippen molar-refractivity contribution in [2.45, 2.75) is 25.9 Å². The fraction of sp³-hybridized carbons (Fsp3) is 0.375. The van der Waals surface area contributed by atoms with Crippen LogP contribution >= 0.6 is 0 Å². The average molecular weight is 407 g/mol. The van der Waals surface area contributed by atoms with Crippen molar-refractivity contribution in [3.8, 4) is 0 Å². The lowest BCUT2D eigenvalue weighted by Crippen LogP contribution is -2.30. The van der Waals surface area contributed by atoms with Crippen molar-refractivity contribution in [3.05, 3.63) is 64.5 Å². The minimum Gasteiger partial charge on any atom is -0.487 e. The van der Waals surface area contributed by atoms with Gasteiger partial charge in [0.2, 0.25) is 0 Å². The number of nitrogens with zero attached hydrogens (tertiary/aromatic N) is 1. The van der Waals surface area contributed by atoms with E-state index in [2.05, 4.69) is 27.7 Å². The smallest absolute Gasteiger partial charge is 0.260 e. The van der Waals surface area contributed by atoms with Crippen LogP contribution in [0.25, 0.3) is 11.3 Å². The van der Waals surface area contributed by atoms with E-state index in [9.17, 15) is 9.18 Å². The van der Waals surface area contributed by atoms with E-state index in [0.29, 0.717) is 29.2 Å². The van der Waals surface area contributed by atoms with Gasteiger partial charge in [-0.05, 0) is 62.7 Å². The summed E-state index contributed by atoms with van der Waals surface area (Å²) in [5.41, 5.74) is 4.85. The van der Waals surface area contributed by atoms with E-state index in [1.807, 2.05) is 6.07 Å². The van der Waals surface area contributed by atoms with E-state index in [0.717, 1.165) is 37.2 Å². The molecule has 0 spiro atoms. The van der Waals surface area contributed by atoms with Crippen LogP contribution in [-0.2, 0) is 22.6 Å². The van der Waals surface area contributed by atoms with E-state index in [1.54, 1.807) is 6.07 Å². The highest BCUT2D eigenvalue weighted by molar-refractivity contribution is 6.36. The third-order valence-electron chi connectivity index (χ3n) is 6.13. The largest absolute Gasteiger partial charge is 0.487 e. The summed E-state index contributed by atoms with van der Waals surface area (Å²) < 4.78 is 19.7. The molecule has 1 saturated heterocycles. The van der Waals surface area contributed by atoms with Crippen molar-refractivity contribution in [3.63, 3.8) is 0 Å². The number of hydrogen-bond donors (Lipinski definition) is 2. The summed E-state index contributed by atoms with van der Waals surface area (Å²) in [5.74, 6) is -0.0685. The fourth-order valence-electron chi connectivity index (χ4n) is 4.54. The lowest BCUT2D eigenvalue weighted by molar-refractivity contribution is -0.110. The number of rotatable bonds is 6. The molecular weight excluding hydrogens is 381 g/mol. The Balaban J connectivity index is 1.27. The first-order chi connectivity index (χ1) is 14.7. The number of hydrogen-bond acceptors (Lipinski definition) is 4. The first kappa shape index (κ1) is 19.3. The number of halogens is 1. The number of likely N-dealkylation sites (tertiary alicyclic amines) is 1. The molecule has 6 heteroatoms. The Labute approximate surface area is 175 Å². The number of benzene rings is 2. The summed E-state index contributed by atoms with van der Waals surface area (Å²) in [5, 5.41) is 6.33. The second-order valence-corrected chi connectivity index (χ2v) is 8.18. The second-order valence-electron chi connectivity index (χ2n) is 8.18. The lowest BCUT2D eigenvalue weighted by atomic mass is 9.98. The number of carbonyl (C=O) groups is 1. The van der Waals surface area contributed by atoms with Crippen molar-refractivity contribution >= 4 is 22.9 Å². The molecule has 0 unspecified atom stereocenters. The van der Waals surface area contributed by atoms with Gasteiger partial charge in [-0.15, -0.1) is 0 Å². The van der Waals surface area contributed by atoms with Gasteiger partial charge in [-0.2, -0.15) is 0 Å². The molecule has 2 aromatic carbocycles. The molecule has 3 aliphatic heterocycles. The van der Waals surface area contributed by atoms with Crippen LogP contribution in [0.5, 0.6) is 0 Å². The zero-order valence-electron chi connectivity index (χ0n) is 17.0. The molecular formula is C24H26FN3O2. The summed E-state index contributed by atoms with van der Waals surface area (Å²) in [6.45, 7) is 5.99. The van der Waals surface area contributed by atoms with Crippen LogP contribution in [0, 0.1) is 5.82 Å². The summed E-state index contributed by atoms with van der Waals surface area (Å²) >= 11 is 0. The molecule has 5 rings (SSSR count). The van der Waals surface area contributed by atoms with Gasteiger partial charge in [-0.1, -0.05) is 18.2 Å². The topological polar surface area (TPSA) is 53.6 Å². The van der Waals surface area contributed by atoms with Crippen LogP contribution in [-0.4, -0.2) is 43.5 Å². The van der Waals surface area contributed by atoms with Gasteiger partial charge in [-0.3, -0.25) is 4.79 Å². The van der Waals surface area contributed by atoms with E-state index in [1.165, 1.54) is 43.6 Å². The van der Waals surface area contributed by atoms with Crippen LogP contribution in [0.3, 0.4) is 0 Å². The van der Waals surface area contributed by atoms with Gasteiger partial charge in [0.15, 0.2) is 0 Å². The average Bonchev–Trinajstić information content (AvgIpc) is 3.46. The summed E-state index contributed by atoms with van der Waals surface area (Å²) in [6.07, 6.45) is 3.61. The maximum absolute atomic E-state index is 13.7. The first-order valence-corrected chi connectivity index (χ1v) is 10.7. The maximum atomic E-state index is 13.7. The fourth-order valence-corrected chi connectivity index (χ4v) is 4.54. The summed E-state index contributed by atoms with van der Waals surface area (Å²) in [4.78, 5) is 15.0. The molecule has 1 fully saturated rings. The van der Waals surface area contributed by atoms with E-state index >= 15 is 0 Å². The monoisotopic (exact) mass is 407 g/mol. The zero-order chi connectivity index (χ0) is 20.5. The molecule has 0 atom stereocenters. The minimum atomic E-state index is -0.367. The Bertz CT molecular complexity index is 1010. The van der Waals surface area contributed by atoms with Gasteiger partial charge in [-0.25, -0.2) is 4.39 Å². The molecule has 5 nitrogen and oxygen atoms in total. The molecule has 30 heavy (non-hydrogen) atoms. The molecule has 3 heterocycles. The van der Waals surface area contributed by atoms with E-state index in [-0.39, 0.29) is 11.7 Å². The van der Waals surface area contributed by atoms with Crippen LogP contribution in [0.2, 0.25) is 0 Å². The molecule has 3 aliphatic rings. The number of nitrogens with one attached hydrogen (secondary N) is 2. The van der Waals surface area contributed by atoms with Crippen LogP contribution in [0.4, 0.5) is 10.1 Å². The third-order valence-corrected chi connectivity index (χ3v) is 6.13. The SMILES string of the molecule is O=C1Nc2ccc(F)cc2/C1=C1\OCc2cc(CCNCCN3CCCC3)ccc21. The second kappa shape index (κ2) is 8.20. The molecule has 0 bridgehead atoms. The Hall–Kier alpha value is -2.70. The van der Waals surface area contributed by atoms with Gasteiger partial charge in [0.1, 0.15) is 18.2 Å². The van der Waals surface area contributed by atoms with Crippen molar-refractivity contribution in [1.82, 2.24) is 10.2 Å².